The lowest BCUT2D eigenvalue weighted by Gasteiger charge is -2.15. The third-order valence-electron chi connectivity index (χ3n) is 3.51. The fraction of sp³-hybridized carbons (Fsp3) is 0.278. The van der Waals surface area contributed by atoms with Crippen LogP contribution in [-0.4, -0.2) is 36.0 Å². The monoisotopic (exact) mass is 300 g/mol. The standard InChI is InChI=1S/C11H13FN2O.C7H8/c1-13-5-6-14(11(13)15)8-9-3-2-4-10(12)7-9;1-7-5-3-2-4-6-7/h2-4,7H,5-6,8H2,1H3;2-6H,1H3. The Morgan fingerprint density at radius 2 is 1.77 bits per heavy atom. The summed E-state index contributed by atoms with van der Waals surface area (Å²) in [7, 11) is 1.77. The lowest BCUT2D eigenvalue weighted by atomic mass is 10.2. The number of rotatable bonds is 2. The number of benzene rings is 2. The number of likely N-dealkylation sites (N-methyl/N-ethyl adjacent to an activating group) is 1. The second-order valence-corrected chi connectivity index (χ2v) is 5.41. The molecule has 1 saturated heterocycles. The molecule has 3 rings (SSSR count). The first-order valence-electron chi connectivity index (χ1n) is 7.32. The van der Waals surface area contributed by atoms with Crippen LogP contribution in [0.15, 0.2) is 54.6 Å². The summed E-state index contributed by atoms with van der Waals surface area (Å²) in [6.07, 6.45) is 0. The first kappa shape index (κ1) is 16.0. The quantitative estimate of drug-likeness (QED) is 0.830. The zero-order valence-corrected chi connectivity index (χ0v) is 13.0. The number of amides is 2. The molecule has 1 aliphatic rings. The van der Waals surface area contributed by atoms with Crippen molar-refractivity contribution in [3.05, 3.63) is 71.5 Å². The van der Waals surface area contributed by atoms with Crippen LogP contribution in [0.2, 0.25) is 0 Å². The van der Waals surface area contributed by atoms with Gasteiger partial charge in [-0.05, 0) is 24.6 Å². The Bertz CT molecular complexity index is 615. The van der Waals surface area contributed by atoms with Gasteiger partial charge in [-0.3, -0.25) is 0 Å². The second kappa shape index (κ2) is 7.59. The number of halogens is 1. The van der Waals surface area contributed by atoms with Crippen LogP contribution in [0.25, 0.3) is 0 Å². The lowest BCUT2D eigenvalue weighted by Crippen LogP contribution is -2.28. The summed E-state index contributed by atoms with van der Waals surface area (Å²) in [5, 5.41) is 0. The Labute approximate surface area is 131 Å². The summed E-state index contributed by atoms with van der Waals surface area (Å²) >= 11 is 0. The Morgan fingerprint density at radius 3 is 2.27 bits per heavy atom. The van der Waals surface area contributed by atoms with Crippen molar-refractivity contribution in [2.45, 2.75) is 13.5 Å². The first-order chi connectivity index (χ1) is 10.6. The van der Waals surface area contributed by atoms with Crippen LogP contribution in [0.3, 0.4) is 0 Å². The van der Waals surface area contributed by atoms with Gasteiger partial charge in [0, 0.05) is 26.7 Å². The molecule has 1 heterocycles. The van der Waals surface area contributed by atoms with E-state index in [-0.39, 0.29) is 11.8 Å². The maximum absolute atomic E-state index is 12.9. The molecule has 1 fully saturated rings. The highest BCUT2D eigenvalue weighted by atomic mass is 19.1. The molecule has 2 aromatic rings. The van der Waals surface area contributed by atoms with Crippen molar-refractivity contribution in [1.29, 1.82) is 0 Å². The lowest BCUT2D eigenvalue weighted by molar-refractivity contribution is 0.197. The summed E-state index contributed by atoms with van der Waals surface area (Å²) in [5.74, 6) is -0.257. The van der Waals surface area contributed by atoms with E-state index in [1.54, 1.807) is 22.9 Å². The summed E-state index contributed by atoms with van der Waals surface area (Å²) in [6.45, 7) is 4.03. The molecule has 0 aromatic heterocycles. The molecule has 0 unspecified atom stereocenters. The second-order valence-electron chi connectivity index (χ2n) is 5.41. The SMILES string of the molecule is CN1CCN(Cc2cccc(F)c2)C1=O.Cc1ccccc1. The molecule has 2 amide bonds. The average molecular weight is 300 g/mol. The van der Waals surface area contributed by atoms with Crippen LogP contribution in [-0.2, 0) is 6.54 Å². The molecule has 0 atom stereocenters. The molecule has 0 spiro atoms. The first-order valence-corrected chi connectivity index (χ1v) is 7.32. The molecule has 0 aliphatic carbocycles. The fourth-order valence-electron chi connectivity index (χ4n) is 2.24. The molecule has 0 bridgehead atoms. The van der Waals surface area contributed by atoms with Crippen LogP contribution in [0, 0.1) is 12.7 Å². The van der Waals surface area contributed by atoms with Gasteiger partial charge in [-0.2, -0.15) is 0 Å². The third-order valence-corrected chi connectivity index (χ3v) is 3.51. The normalized spacial score (nSPS) is 13.9. The van der Waals surface area contributed by atoms with Crippen LogP contribution >= 0.6 is 0 Å². The Hall–Kier alpha value is -2.36. The Morgan fingerprint density at radius 1 is 1.05 bits per heavy atom. The molecule has 3 nitrogen and oxygen atoms in total. The van der Waals surface area contributed by atoms with Gasteiger partial charge in [0.1, 0.15) is 5.82 Å². The van der Waals surface area contributed by atoms with Gasteiger partial charge in [-0.25, -0.2) is 9.18 Å². The van der Waals surface area contributed by atoms with Gasteiger partial charge < -0.3 is 9.80 Å². The maximum Gasteiger partial charge on any atom is 0.320 e. The molecule has 2 aromatic carbocycles. The molecular formula is C18H21FN2O. The minimum atomic E-state index is -0.257. The van der Waals surface area contributed by atoms with Gasteiger partial charge in [0.05, 0.1) is 0 Å². The predicted molar refractivity (Wildman–Crippen MR) is 86.0 cm³/mol. The average Bonchev–Trinajstić information content (AvgIpc) is 2.81. The van der Waals surface area contributed by atoms with E-state index >= 15 is 0 Å². The number of urea groups is 1. The highest BCUT2D eigenvalue weighted by Crippen LogP contribution is 2.12. The Kier molecular flexibility index (Phi) is 5.53. The number of carbonyl (C=O) groups is 1. The van der Waals surface area contributed by atoms with Crippen molar-refractivity contribution >= 4 is 6.03 Å². The van der Waals surface area contributed by atoms with Gasteiger partial charge in [-0.1, -0.05) is 48.0 Å². The van der Waals surface area contributed by atoms with E-state index in [9.17, 15) is 9.18 Å². The van der Waals surface area contributed by atoms with Crippen molar-refractivity contribution in [1.82, 2.24) is 9.80 Å². The highest BCUT2D eigenvalue weighted by molar-refractivity contribution is 5.76. The molecular weight excluding hydrogens is 279 g/mol. The molecule has 116 valence electrons. The molecule has 0 radical (unpaired) electrons. The molecule has 4 heteroatoms. The minimum absolute atomic E-state index is 0.0132. The number of aryl methyl sites for hydroxylation is 1. The molecule has 1 aliphatic heterocycles. The summed E-state index contributed by atoms with van der Waals surface area (Å²) in [5.41, 5.74) is 2.15. The van der Waals surface area contributed by atoms with Crippen LogP contribution in [0.1, 0.15) is 11.1 Å². The third kappa shape index (κ3) is 4.58. The van der Waals surface area contributed by atoms with E-state index < -0.39 is 0 Å². The minimum Gasteiger partial charge on any atom is -0.326 e. The van der Waals surface area contributed by atoms with E-state index in [1.807, 2.05) is 24.3 Å². The maximum atomic E-state index is 12.9. The summed E-state index contributed by atoms with van der Waals surface area (Å²) < 4.78 is 12.9. The number of hydrogen-bond donors (Lipinski definition) is 0. The van der Waals surface area contributed by atoms with E-state index in [0.717, 1.165) is 12.1 Å². The zero-order chi connectivity index (χ0) is 15.9. The van der Waals surface area contributed by atoms with Gasteiger partial charge in [-0.15, -0.1) is 0 Å². The number of nitrogens with zero attached hydrogens (tertiary/aromatic N) is 2. The zero-order valence-electron chi connectivity index (χ0n) is 13.0. The largest absolute Gasteiger partial charge is 0.326 e. The van der Waals surface area contributed by atoms with Crippen molar-refractivity contribution in [2.24, 2.45) is 0 Å². The molecule has 0 N–H and O–H groups in total. The molecule has 0 saturated carbocycles. The van der Waals surface area contributed by atoms with E-state index in [2.05, 4.69) is 19.1 Å². The van der Waals surface area contributed by atoms with E-state index in [4.69, 9.17) is 0 Å². The topological polar surface area (TPSA) is 23.6 Å². The Balaban J connectivity index is 0.000000211. The smallest absolute Gasteiger partial charge is 0.320 e. The van der Waals surface area contributed by atoms with Gasteiger partial charge >= 0.3 is 6.03 Å². The van der Waals surface area contributed by atoms with Crippen molar-refractivity contribution in [2.75, 3.05) is 20.1 Å². The fourth-order valence-corrected chi connectivity index (χ4v) is 2.24. The van der Waals surface area contributed by atoms with Gasteiger partial charge in [0.2, 0.25) is 0 Å². The number of hydrogen-bond acceptors (Lipinski definition) is 1. The van der Waals surface area contributed by atoms with Crippen molar-refractivity contribution in [3.8, 4) is 0 Å². The summed E-state index contributed by atoms with van der Waals surface area (Å²) in [6, 6.07) is 16.6. The van der Waals surface area contributed by atoms with Gasteiger partial charge in [0.25, 0.3) is 0 Å². The highest BCUT2D eigenvalue weighted by Gasteiger charge is 2.24. The summed E-state index contributed by atoms with van der Waals surface area (Å²) in [4.78, 5) is 14.9. The van der Waals surface area contributed by atoms with Crippen molar-refractivity contribution in [3.63, 3.8) is 0 Å². The van der Waals surface area contributed by atoms with Crippen LogP contribution < -0.4 is 0 Å². The number of carbonyl (C=O) groups excluding carboxylic acids is 1. The van der Waals surface area contributed by atoms with E-state index in [1.165, 1.54) is 17.7 Å². The van der Waals surface area contributed by atoms with Crippen molar-refractivity contribution < 1.29 is 9.18 Å². The van der Waals surface area contributed by atoms with Gasteiger partial charge in [0.15, 0.2) is 0 Å². The van der Waals surface area contributed by atoms with Crippen LogP contribution in [0.5, 0.6) is 0 Å². The van der Waals surface area contributed by atoms with Crippen LogP contribution in [0.4, 0.5) is 9.18 Å². The predicted octanol–water partition coefficient (Wildman–Crippen LogP) is 3.69. The molecule has 22 heavy (non-hydrogen) atoms. The van der Waals surface area contributed by atoms with E-state index in [0.29, 0.717) is 13.1 Å².